The minimum absolute atomic E-state index is 0.258. The van der Waals surface area contributed by atoms with Gasteiger partial charge in [-0.3, -0.25) is 0 Å². The van der Waals surface area contributed by atoms with Crippen LogP contribution < -0.4 is 0 Å². The Kier molecular flexibility index (Phi) is 0.571. The SMILES string of the molecule is [2H]C1([2H])CC(O)C(=O)O1. The van der Waals surface area contributed by atoms with Crippen molar-refractivity contribution in [2.24, 2.45) is 0 Å². The molecule has 1 aliphatic rings. The molecule has 1 heterocycles. The van der Waals surface area contributed by atoms with E-state index in [9.17, 15) is 4.79 Å². The van der Waals surface area contributed by atoms with E-state index in [0.717, 1.165) is 0 Å². The van der Waals surface area contributed by atoms with Crippen LogP contribution in [-0.2, 0) is 9.53 Å². The molecule has 40 valence electrons. The minimum Gasteiger partial charge on any atom is -0.464 e. The zero-order valence-electron chi connectivity index (χ0n) is 5.55. The van der Waals surface area contributed by atoms with Crippen LogP contribution in [0, 0.1) is 0 Å². The van der Waals surface area contributed by atoms with Gasteiger partial charge in [-0.2, -0.15) is 0 Å². The third kappa shape index (κ3) is 0.718. The van der Waals surface area contributed by atoms with Gasteiger partial charge in [0, 0.05) is 6.42 Å². The van der Waals surface area contributed by atoms with Crippen molar-refractivity contribution in [3.63, 3.8) is 0 Å². The van der Waals surface area contributed by atoms with Gasteiger partial charge in [-0.05, 0) is 0 Å². The largest absolute Gasteiger partial charge is 0.464 e. The summed E-state index contributed by atoms with van der Waals surface area (Å²) in [6, 6.07) is 0. The Bertz CT molecular complexity index is 145. The second kappa shape index (κ2) is 1.50. The number of esters is 1. The molecule has 1 fully saturated rings. The lowest BCUT2D eigenvalue weighted by Gasteiger charge is -1.88. The number of hydrogen-bond acceptors (Lipinski definition) is 3. The molecule has 1 saturated heterocycles. The Labute approximate surface area is 43.7 Å². The summed E-state index contributed by atoms with van der Waals surface area (Å²) in [5, 5.41) is 8.62. The summed E-state index contributed by atoms with van der Waals surface area (Å²) in [6.07, 6.45) is -1.54. The topological polar surface area (TPSA) is 46.5 Å². The highest BCUT2D eigenvalue weighted by Crippen LogP contribution is 2.03. The van der Waals surface area contributed by atoms with Gasteiger partial charge in [0.1, 0.15) is 0 Å². The first-order valence-corrected chi connectivity index (χ1v) is 1.92. The van der Waals surface area contributed by atoms with Gasteiger partial charge in [-0.15, -0.1) is 0 Å². The lowest BCUT2D eigenvalue weighted by atomic mass is 10.3. The Balaban J connectivity index is 2.65. The normalized spacial score (nSPS) is 41.9. The van der Waals surface area contributed by atoms with Crippen LogP contribution in [0.3, 0.4) is 0 Å². The van der Waals surface area contributed by atoms with E-state index in [2.05, 4.69) is 4.74 Å². The number of hydrogen-bond donors (Lipinski definition) is 1. The monoisotopic (exact) mass is 104 g/mol. The first-order valence-electron chi connectivity index (χ1n) is 2.92. The number of carbonyl (C=O) groups excluding carboxylic acids is 1. The van der Waals surface area contributed by atoms with Crippen LogP contribution in [0.25, 0.3) is 0 Å². The van der Waals surface area contributed by atoms with E-state index in [1.54, 1.807) is 0 Å². The second-order valence-corrected chi connectivity index (χ2v) is 1.29. The molecule has 0 radical (unpaired) electrons. The van der Waals surface area contributed by atoms with E-state index in [4.69, 9.17) is 7.85 Å². The third-order valence-corrected chi connectivity index (χ3v) is 0.722. The summed E-state index contributed by atoms with van der Waals surface area (Å²) in [4.78, 5) is 10.3. The van der Waals surface area contributed by atoms with Crippen LogP contribution in [0.15, 0.2) is 0 Å². The third-order valence-electron chi connectivity index (χ3n) is 0.722. The molecular weight excluding hydrogens is 96.0 g/mol. The maximum absolute atomic E-state index is 10.3. The maximum atomic E-state index is 10.3. The fraction of sp³-hybridized carbons (Fsp3) is 0.750. The van der Waals surface area contributed by atoms with E-state index in [1.165, 1.54) is 0 Å². The van der Waals surface area contributed by atoms with Gasteiger partial charge in [0.05, 0.1) is 9.30 Å². The zero-order valence-corrected chi connectivity index (χ0v) is 3.55. The number of rotatable bonds is 0. The molecule has 0 aromatic heterocycles. The lowest BCUT2D eigenvalue weighted by molar-refractivity contribution is -0.144. The molecule has 3 heteroatoms. The Hall–Kier alpha value is -0.570. The molecule has 7 heavy (non-hydrogen) atoms. The van der Waals surface area contributed by atoms with E-state index >= 15 is 0 Å². The van der Waals surface area contributed by atoms with Crippen LogP contribution in [0.1, 0.15) is 9.16 Å². The van der Waals surface area contributed by atoms with E-state index in [1.807, 2.05) is 0 Å². The first-order chi connectivity index (χ1) is 4.01. The average Bonchev–Trinajstić information content (AvgIpc) is 1.79. The summed E-state index contributed by atoms with van der Waals surface area (Å²) >= 11 is 0. The molecular formula is C4H6O3. The molecule has 1 unspecified atom stereocenters. The number of aliphatic hydroxyl groups is 1. The highest BCUT2D eigenvalue weighted by molar-refractivity contribution is 5.75. The quantitative estimate of drug-likeness (QED) is 0.413. The van der Waals surface area contributed by atoms with Crippen molar-refractivity contribution in [1.82, 2.24) is 0 Å². The molecule has 0 saturated carbocycles. The first kappa shape index (κ1) is 2.67. The van der Waals surface area contributed by atoms with Crippen molar-refractivity contribution < 1.29 is 17.4 Å². The summed E-state index contributed by atoms with van der Waals surface area (Å²) in [5.41, 5.74) is 0. The van der Waals surface area contributed by atoms with Gasteiger partial charge >= 0.3 is 5.97 Å². The van der Waals surface area contributed by atoms with Crippen LogP contribution in [0.2, 0.25) is 0 Å². The van der Waals surface area contributed by atoms with Gasteiger partial charge in [0.15, 0.2) is 6.10 Å². The highest BCUT2D eigenvalue weighted by Gasteiger charge is 2.22. The van der Waals surface area contributed by atoms with Crippen molar-refractivity contribution in [3.8, 4) is 0 Å². The van der Waals surface area contributed by atoms with Crippen LogP contribution in [-0.4, -0.2) is 23.7 Å². The lowest BCUT2D eigenvalue weighted by Crippen LogP contribution is -2.11. The maximum Gasteiger partial charge on any atom is 0.335 e. The van der Waals surface area contributed by atoms with Crippen LogP contribution in [0.4, 0.5) is 0 Å². The summed E-state index contributed by atoms with van der Waals surface area (Å²) in [5.74, 6) is -0.875. The molecule has 0 bridgehead atoms. The molecule has 1 rings (SSSR count). The van der Waals surface area contributed by atoms with Crippen LogP contribution >= 0.6 is 0 Å². The number of carbonyl (C=O) groups is 1. The fourth-order valence-corrected chi connectivity index (χ4v) is 0.343. The summed E-state index contributed by atoms with van der Waals surface area (Å²) in [7, 11) is 0. The Morgan fingerprint density at radius 1 is 2.14 bits per heavy atom. The molecule has 0 spiro atoms. The van der Waals surface area contributed by atoms with Crippen molar-refractivity contribution in [2.75, 3.05) is 6.56 Å². The summed E-state index contributed by atoms with van der Waals surface area (Å²) in [6.45, 7) is -1.96. The fourth-order valence-electron chi connectivity index (χ4n) is 0.343. The Morgan fingerprint density at radius 2 is 2.86 bits per heavy atom. The smallest absolute Gasteiger partial charge is 0.335 e. The summed E-state index contributed by atoms with van der Waals surface area (Å²) < 4.78 is 17.7. The highest BCUT2D eigenvalue weighted by atomic mass is 16.6. The van der Waals surface area contributed by atoms with Crippen molar-refractivity contribution >= 4 is 5.97 Å². The molecule has 1 N–H and O–H groups in total. The van der Waals surface area contributed by atoms with Gasteiger partial charge in [0.2, 0.25) is 0 Å². The second-order valence-electron chi connectivity index (χ2n) is 1.29. The Morgan fingerprint density at radius 3 is 3.00 bits per heavy atom. The molecule has 0 aliphatic carbocycles. The molecule has 0 amide bonds. The van der Waals surface area contributed by atoms with Gasteiger partial charge in [0.25, 0.3) is 0 Å². The molecule has 0 aromatic carbocycles. The average molecular weight is 104 g/mol. The zero-order chi connectivity index (χ0) is 7.07. The van der Waals surface area contributed by atoms with Gasteiger partial charge < -0.3 is 9.84 Å². The molecule has 1 atom stereocenters. The van der Waals surface area contributed by atoms with Crippen molar-refractivity contribution in [2.45, 2.75) is 12.5 Å². The number of ether oxygens (including phenoxy) is 1. The van der Waals surface area contributed by atoms with Gasteiger partial charge in [-0.1, -0.05) is 0 Å². The molecule has 1 aliphatic heterocycles. The molecule has 3 nitrogen and oxygen atoms in total. The van der Waals surface area contributed by atoms with E-state index in [-0.39, 0.29) is 6.42 Å². The predicted octanol–water partition coefficient (Wildman–Crippen LogP) is -0.706. The van der Waals surface area contributed by atoms with E-state index in [0.29, 0.717) is 0 Å². The molecule has 0 aromatic rings. The van der Waals surface area contributed by atoms with Gasteiger partial charge in [-0.25, -0.2) is 4.79 Å². The van der Waals surface area contributed by atoms with Crippen LogP contribution in [0.5, 0.6) is 0 Å². The predicted molar refractivity (Wildman–Crippen MR) is 21.6 cm³/mol. The van der Waals surface area contributed by atoms with E-state index < -0.39 is 18.6 Å². The number of cyclic esters (lactones) is 1. The standard InChI is InChI=1S/C4H6O3/c5-3-1-2-7-4(3)6/h3,5H,1-2H2/i2D2. The van der Waals surface area contributed by atoms with Crippen molar-refractivity contribution in [1.29, 1.82) is 0 Å². The number of aliphatic hydroxyl groups excluding tert-OH is 1. The van der Waals surface area contributed by atoms with Crippen molar-refractivity contribution in [3.05, 3.63) is 0 Å². The minimum atomic E-state index is -1.96.